The lowest BCUT2D eigenvalue weighted by molar-refractivity contribution is -0.143. The van der Waals surface area contributed by atoms with E-state index >= 15 is 0 Å². The van der Waals surface area contributed by atoms with Crippen molar-refractivity contribution >= 4 is 199 Å². The number of anilines is 11. The van der Waals surface area contributed by atoms with Crippen LogP contribution in [0.1, 0.15) is 106 Å². The number of Topliss-reactive ketones (excluding diaryl/α,β-unsaturated/α-hetero) is 1. The summed E-state index contributed by atoms with van der Waals surface area (Å²) in [7, 11) is 4.21. The van der Waals surface area contributed by atoms with Gasteiger partial charge in [-0.3, -0.25) is 58.3 Å². The Morgan fingerprint density at radius 2 is 0.760 bits per heavy atom. The van der Waals surface area contributed by atoms with Gasteiger partial charge in [-0.1, -0.05) is 17.7 Å². The number of allylic oxidation sites excluding steroid dienone is 1. The molecule has 0 aliphatic rings. The molecule has 0 fully saturated rings. The normalized spacial score (nSPS) is 10.2. The number of hydrogen-bond donors (Lipinski definition) is 12. The SMILES string of the molecule is CC(=O)Nc1ccc(N)cc1.CC(=O)Nc1ccc2[nH]c(C)cc(=O)c2c1.CC(=O)Nc1ccc2nc(C)cc(N)c2c1.COC(=O)C=C(C)Nc1ccc(NC(C)=O)cc1.COC(=O)CC(C)=O.COc1cc(C)nc2ccc(NC(C)=O)cc12.Cc1cc(Cc2ccc3nc(C)cc(N)c3c2)nc(Cl)n1.Cc1cc(Cl)nc(Cl)n1.Cc1cc(N)c2cc(N)ccc2n1. The zero-order valence-electron chi connectivity index (χ0n) is 74.3. The molecule has 0 saturated heterocycles. The smallest absolute Gasteiger partial charge is 0.332 e. The fourth-order valence-electron chi connectivity index (χ4n) is 11.8. The Bertz CT molecular complexity index is 6410. The Hall–Kier alpha value is -15.3. The lowest BCUT2D eigenvalue weighted by Crippen LogP contribution is -2.07. The number of amides is 5. The van der Waals surface area contributed by atoms with Crippen LogP contribution in [0.25, 0.3) is 54.5 Å². The van der Waals surface area contributed by atoms with Crippen LogP contribution in [0.4, 0.5) is 62.6 Å². The number of nitrogens with one attached hydrogen (secondary N) is 7. The molecule has 0 aliphatic carbocycles. The highest BCUT2D eigenvalue weighted by molar-refractivity contribution is 6.31. The van der Waals surface area contributed by atoms with E-state index in [4.69, 9.17) is 68.2 Å². The number of carbonyl (C=O) groups excluding carboxylic acids is 8. The fraction of sp³-hybridized carbons (Fsp3) is 0.202. The number of methoxy groups -OCH3 is 3. The number of aromatic nitrogens is 9. The summed E-state index contributed by atoms with van der Waals surface area (Å²) in [5.74, 6) is -0.819. The monoisotopic (exact) mass is 1810 g/mol. The molecule has 7 heterocycles. The number of rotatable bonds is 13. The number of aromatic amines is 1. The molecule has 17 N–H and O–H groups in total. The molecule has 0 saturated carbocycles. The van der Waals surface area contributed by atoms with Gasteiger partial charge in [-0.25, -0.2) is 24.7 Å². The van der Waals surface area contributed by atoms with Crippen molar-refractivity contribution in [3.8, 4) is 5.75 Å². The second-order valence-corrected chi connectivity index (χ2v) is 29.8. The topological polar surface area (TPSA) is 503 Å². The van der Waals surface area contributed by atoms with Crippen LogP contribution < -0.4 is 70.7 Å². The van der Waals surface area contributed by atoms with Gasteiger partial charge in [0.25, 0.3) is 0 Å². The summed E-state index contributed by atoms with van der Waals surface area (Å²) < 4.78 is 14.0. The Balaban J connectivity index is 0.000000227. The van der Waals surface area contributed by atoms with E-state index in [-0.39, 0.29) is 57.7 Å². The quantitative estimate of drug-likeness (QED) is 0.0127. The van der Waals surface area contributed by atoms with Crippen LogP contribution in [-0.2, 0) is 54.3 Å². The third-order valence-corrected chi connectivity index (χ3v) is 17.6. The fourth-order valence-corrected chi connectivity index (χ4v) is 12.6. The van der Waals surface area contributed by atoms with Gasteiger partial charge >= 0.3 is 11.9 Å². The van der Waals surface area contributed by atoms with Gasteiger partial charge in [0, 0.05) is 206 Å². The molecule has 32 nitrogen and oxygen atoms in total. The number of ketones is 1. The Morgan fingerprint density at radius 1 is 0.380 bits per heavy atom. The van der Waals surface area contributed by atoms with E-state index in [0.717, 1.165) is 146 Å². The van der Waals surface area contributed by atoms with Crippen molar-refractivity contribution in [1.29, 1.82) is 0 Å². The van der Waals surface area contributed by atoms with E-state index in [1.54, 1.807) is 99.8 Å². The lowest BCUT2D eigenvalue weighted by Gasteiger charge is -2.08. The summed E-state index contributed by atoms with van der Waals surface area (Å²) in [5, 5.41) is 21.5. The van der Waals surface area contributed by atoms with Crippen LogP contribution in [0.2, 0.25) is 15.7 Å². The van der Waals surface area contributed by atoms with Crippen molar-refractivity contribution in [2.45, 2.75) is 110 Å². The van der Waals surface area contributed by atoms with Crippen LogP contribution in [0.5, 0.6) is 5.75 Å². The molecule has 129 heavy (non-hydrogen) atoms. The maximum Gasteiger partial charge on any atom is 0.332 e. The first-order valence-corrected chi connectivity index (χ1v) is 40.5. The van der Waals surface area contributed by atoms with E-state index in [1.807, 2.05) is 139 Å². The molecule has 14 rings (SSSR count). The molecule has 0 bridgehead atoms. The highest BCUT2D eigenvalue weighted by Crippen LogP contribution is 2.30. The second-order valence-electron chi connectivity index (χ2n) is 28.8. The van der Waals surface area contributed by atoms with Crippen LogP contribution in [0.15, 0.2) is 199 Å². The number of halogens is 3. The maximum absolute atomic E-state index is 11.7. The van der Waals surface area contributed by atoms with E-state index in [2.05, 4.69) is 92.3 Å². The lowest BCUT2D eigenvalue weighted by atomic mass is 10.0. The highest BCUT2D eigenvalue weighted by Gasteiger charge is 2.12. The number of benzene rings is 7. The number of fused-ring (bicyclic) bond motifs is 5. The highest BCUT2D eigenvalue weighted by atomic mass is 35.5. The van der Waals surface area contributed by atoms with Crippen LogP contribution in [0, 0.1) is 48.5 Å². The van der Waals surface area contributed by atoms with Crippen molar-refractivity contribution in [3.05, 3.63) is 271 Å². The van der Waals surface area contributed by atoms with Gasteiger partial charge in [-0.05, 0) is 255 Å². The van der Waals surface area contributed by atoms with E-state index in [9.17, 15) is 43.2 Å². The number of ether oxygens (including phenoxy) is 3. The zero-order chi connectivity index (χ0) is 95.5. The first kappa shape index (κ1) is 103. The predicted molar refractivity (Wildman–Crippen MR) is 516 cm³/mol. The van der Waals surface area contributed by atoms with E-state index in [1.165, 1.54) is 61.8 Å². The Labute approximate surface area is 760 Å². The first-order valence-electron chi connectivity index (χ1n) is 39.4. The predicted octanol–water partition coefficient (Wildman–Crippen LogP) is 17.2. The van der Waals surface area contributed by atoms with Crippen LogP contribution in [0.3, 0.4) is 0 Å². The number of nitrogens with two attached hydrogens (primary N) is 5. The average Bonchev–Trinajstić information content (AvgIpc) is 0.815. The molecule has 0 spiro atoms. The van der Waals surface area contributed by atoms with Crippen molar-refractivity contribution < 1.29 is 52.6 Å². The molecular weight excluding hydrogens is 1710 g/mol. The largest absolute Gasteiger partial charge is 0.496 e. The molecule has 0 radical (unpaired) electrons. The van der Waals surface area contributed by atoms with Gasteiger partial charge in [-0.2, -0.15) is 0 Å². The molecule has 0 unspecified atom stereocenters. The number of esters is 2. The number of nitrogens with zero attached hydrogens (tertiary/aromatic N) is 8. The first-order chi connectivity index (χ1) is 60.9. The number of pyridine rings is 5. The molecule has 35 heteroatoms. The van der Waals surface area contributed by atoms with Crippen molar-refractivity contribution in [2.24, 2.45) is 0 Å². The molecule has 7 aromatic carbocycles. The number of carbonyl (C=O) groups is 8. The Kier molecular flexibility index (Phi) is 39.7. The molecule has 7 aromatic heterocycles. The van der Waals surface area contributed by atoms with Crippen LogP contribution in [-0.4, -0.2) is 113 Å². The van der Waals surface area contributed by atoms with Gasteiger partial charge < -0.3 is 79.8 Å². The molecule has 672 valence electrons. The van der Waals surface area contributed by atoms with E-state index < -0.39 is 11.9 Å². The van der Waals surface area contributed by atoms with Gasteiger partial charge in [0.1, 0.15) is 23.1 Å². The minimum atomic E-state index is -0.475. The number of hydrogen-bond acceptors (Lipinski definition) is 26. The van der Waals surface area contributed by atoms with Crippen molar-refractivity contribution in [3.63, 3.8) is 0 Å². The number of H-pyrrole nitrogens is 1. The number of aryl methyl sites for hydroxylation is 7. The molecule has 0 atom stereocenters. The van der Waals surface area contributed by atoms with Gasteiger partial charge in [0.05, 0.1) is 43.4 Å². The van der Waals surface area contributed by atoms with Crippen molar-refractivity contribution in [1.82, 2.24) is 44.9 Å². The summed E-state index contributed by atoms with van der Waals surface area (Å²) in [6.45, 7) is 23.6. The summed E-state index contributed by atoms with van der Waals surface area (Å²) in [6.07, 6.45) is 1.94. The Morgan fingerprint density at radius 3 is 1.20 bits per heavy atom. The molecular formula is C94H103Cl3N20O12. The zero-order valence-corrected chi connectivity index (χ0v) is 76.6. The van der Waals surface area contributed by atoms with Crippen LogP contribution >= 0.6 is 34.8 Å². The summed E-state index contributed by atoms with van der Waals surface area (Å²) in [4.78, 5) is 134. The minimum Gasteiger partial charge on any atom is -0.496 e. The van der Waals surface area contributed by atoms with Gasteiger partial charge in [0.2, 0.25) is 40.1 Å². The van der Waals surface area contributed by atoms with Gasteiger partial charge in [0.15, 0.2) is 5.43 Å². The number of nitrogen functional groups attached to an aromatic ring is 5. The summed E-state index contributed by atoms with van der Waals surface area (Å²) in [5.41, 5.74) is 49.9. The molecule has 14 aromatic rings. The van der Waals surface area contributed by atoms with Gasteiger partial charge in [-0.15, -0.1) is 0 Å². The molecule has 0 aliphatic heterocycles. The standard InChI is InChI=1S/C16H15ClN4.C13H16N2O3.C13H14N2O2.C12H13N3O.C12H12N2O2.C10H11N3.C8H10N2O.C5H4Cl2N2.C5H8O3/c1-9-5-12(21-16(17)20-9)7-11-3-4-15-13(8-11)14(18)6-10(2)19-15;1-9(8-13(17)18-3)14-11-4-6-12(7-5-11)15-10(2)16;1-8-6-13(17-3)11-7-10(15-9(2)16)4-5-12(11)14-8;1-7-5-11(13)10-6-9(15-8(2)16)3-4-12(10)14-7;1-7-5-12(16)10-6-9(14-8(2)15)3-4-11(10)13-7;1-6-4-9(12)8-5-7(11)2-3-10(8)13-6;1-6(11)10-8-4-2-7(9)3-5-8;1-3-2-4(6)9-5(7)8-3;1-4(6)3-5(7)8-2/h3-6,8H,7H2,1-2H3,(H2,18,19);4-8,14H,1-3H3,(H,15,16);4-7H,1-3H3,(H,15,16);3-6H,1-2H3,(H2,13,14)(H,15,16);3-6H,1-2H3,(H,13,16)(H,14,15);2-5H,11H2,1H3,(H2,12,13);2-5H,9H2,1H3,(H,10,11);2H,1H3;3H2,1-2H3. The summed E-state index contributed by atoms with van der Waals surface area (Å²) >= 11 is 16.9. The minimum absolute atomic E-state index is 0.0431. The summed E-state index contributed by atoms with van der Waals surface area (Å²) in [6, 6.07) is 54.6. The van der Waals surface area contributed by atoms with E-state index in [0.29, 0.717) is 45.4 Å². The third-order valence-electron chi connectivity index (χ3n) is 17.0. The maximum atomic E-state index is 11.7. The molecule has 5 amide bonds. The second kappa shape index (κ2) is 50.0. The van der Waals surface area contributed by atoms with Crippen molar-refractivity contribution in [2.75, 3.05) is 81.9 Å². The third kappa shape index (κ3) is 36.1. The average molecular weight is 1810 g/mol.